The van der Waals surface area contributed by atoms with Crippen molar-refractivity contribution in [2.24, 2.45) is 0 Å². The lowest BCUT2D eigenvalue weighted by Gasteiger charge is -2.16. The van der Waals surface area contributed by atoms with E-state index in [0.29, 0.717) is 5.56 Å². The zero-order chi connectivity index (χ0) is 15.6. The fraction of sp³-hybridized carbons (Fsp3) is 0.182. The molecule has 0 spiro atoms. The standard InChI is InChI=1S/C11H11FN4O4S/c1-15(7-8-5-13-14-6-8)21(19,20)10-4-2-3-9(12)11(10)16(17)18/h2-6H,7H2,1H3,(H,13,14). The van der Waals surface area contributed by atoms with E-state index in [9.17, 15) is 22.9 Å². The maximum atomic E-state index is 13.5. The van der Waals surface area contributed by atoms with Crippen LogP contribution in [-0.4, -0.2) is 34.9 Å². The molecule has 1 N–H and O–H groups in total. The summed E-state index contributed by atoms with van der Waals surface area (Å²) in [4.78, 5) is 9.17. The average molecular weight is 314 g/mol. The summed E-state index contributed by atoms with van der Waals surface area (Å²) in [6.45, 7) is -0.0491. The van der Waals surface area contributed by atoms with Crippen molar-refractivity contribution in [3.8, 4) is 0 Å². The summed E-state index contributed by atoms with van der Waals surface area (Å²) in [7, 11) is -2.96. The molecule has 0 saturated carbocycles. The van der Waals surface area contributed by atoms with Gasteiger partial charge in [-0.25, -0.2) is 8.42 Å². The number of H-pyrrole nitrogens is 1. The van der Waals surface area contributed by atoms with Crippen LogP contribution in [0, 0.1) is 15.9 Å². The lowest BCUT2D eigenvalue weighted by molar-refractivity contribution is -0.390. The van der Waals surface area contributed by atoms with E-state index >= 15 is 0 Å². The van der Waals surface area contributed by atoms with Crippen LogP contribution in [0.1, 0.15) is 5.56 Å². The third kappa shape index (κ3) is 2.90. The molecule has 0 bridgehead atoms. The van der Waals surface area contributed by atoms with Crippen LogP contribution in [0.15, 0.2) is 35.5 Å². The van der Waals surface area contributed by atoms with E-state index in [1.807, 2.05) is 0 Å². The molecule has 0 fully saturated rings. The average Bonchev–Trinajstić information content (AvgIpc) is 2.90. The van der Waals surface area contributed by atoms with Crippen LogP contribution in [-0.2, 0) is 16.6 Å². The molecular formula is C11H11FN4O4S. The van der Waals surface area contributed by atoms with Gasteiger partial charge in [0.25, 0.3) is 0 Å². The van der Waals surface area contributed by atoms with Crippen molar-refractivity contribution in [1.29, 1.82) is 0 Å². The number of hydrogen-bond acceptors (Lipinski definition) is 5. The van der Waals surface area contributed by atoms with Crippen LogP contribution < -0.4 is 0 Å². The van der Waals surface area contributed by atoms with Crippen LogP contribution in [0.5, 0.6) is 0 Å². The molecule has 0 atom stereocenters. The molecule has 0 aliphatic rings. The van der Waals surface area contributed by atoms with Gasteiger partial charge in [-0.2, -0.15) is 13.8 Å². The third-order valence-corrected chi connectivity index (χ3v) is 4.62. The maximum Gasteiger partial charge on any atom is 0.324 e. The summed E-state index contributed by atoms with van der Waals surface area (Å²) in [5, 5.41) is 17.1. The van der Waals surface area contributed by atoms with Gasteiger partial charge in [0.15, 0.2) is 4.90 Å². The second-order valence-corrected chi connectivity index (χ2v) is 6.22. The number of nitro groups is 1. The molecule has 2 rings (SSSR count). The molecule has 0 unspecified atom stereocenters. The largest absolute Gasteiger partial charge is 0.324 e. The lowest BCUT2D eigenvalue weighted by Crippen LogP contribution is -2.27. The molecule has 21 heavy (non-hydrogen) atoms. The Balaban J connectivity index is 2.44. The van der Waals surface area contributed by atoms with Gasteiger partial charge in [-0.3, -0.25) is 15.2 Å². The Bertz CT molecular complexity index is 761. The second-order valence-electron chi connectivity index (χ2n) is 4.21. The molecule has 0 saturated heterocycles. The number of nitrogens with one attached hydrogen (secondary N) is 1. The number of benzene rings is 1. The normalized spacial score (nSPS) is 11.8. The Kier molecular flexibility index (Phi) is 4.00. The van der Waals surface area contributed by atoms with Gasteiger partial charge in [0, 0.05) is 25.4 Å². The summed E-state index contributed by atoms with van der Waals surface area (Å²) >= 11 is 0. The Morgan fingerprint density at radius 3 is 2.76 bits per heavy atom. The Morgan fingerprint density at radius 1 is 1.48 bits per heavy atom. The first-order valence-corrected chi connectivity index (χ1v) is 7.15. The van der Waals surface area contributed by atoms with Gasteiger partial charge in [-0.05, 0) is 12.1 Å². The summed E-state index contributed by atoms with van der Waals surface area (Å²) in [6.07, 6.45) is 2.91. The van der Waals surface area contributed by atoms with E-state index in [-0.39, 0.29) is 6.54 Å². The number of para-hydroxylation sites is 1. The molecule has 112 valence electrons. The van der Waals surface area contributed by atoms with E-state index in [4.69, 9.17) is 0 Å². The van der Waals surface area contributed by atoms with Crippen molar-refractivity contribution < 1.29 is 17.7 Å². The van der Waals surface area contributed by atoms with E-state index in [2.05, 4.69) is 10.2 Å². The van der Waals surface area contributed by atoms with Crippen molar-refractivity contribution in [3.63, 3.8) is 0 Å². The molecule has 10 heteroatoms. The zero-order valence-corrected chi connectivity index (χ0v) is 11.7. The van der Waals surface area contributed by atoms with E-state index in [1.54, 1.807) is 0 Å². The highest BCUT2D eigenvalue weighted by molar-refractivity contribution is 7.89. The molecule has 0 aliphatic carbocycles. The number of sulfonamides is 1. The number of halogens is 1. The van der Waals surface area contributed by atoms with E-state index in [0.717, 1.165) is 22.5 Å². The molecule has 1 aromatic heterocycles. The number of aromatic amines is 1. The highest BCUT2D eigenvalue weighted by Crippen LogP contribution is 2.29. The number of aromatic nitrogens is 2. The van der Waals surface area contributed by atoms with Crippen LogP contribution >= 0.6 is 0 Å². The van der Waals surface area contributed by atoms with Crippen molar-refractivity contribution in [1.82, 2.24) is 14.5 Å². The first-order valence-electron chi connectivity index (χ1n) is 5.71. The predicted octanol–water partition coefficient (Wildman–Crippen LogP) is 1.28. The fourth-order valence-corrected chi connectivity index (χ4v) is 3.08. The number of rotatable bonds is 5. The third-order valence-electron chi connectivity index (χ3n) is 2.78. The van der Waals surface area contributed by atoms with Gasteiger partial charge in [-0.15, -0.1) is 0 Å². The molecule has 0 radical (unpaired) electrons. The maximum absolute atomic E-state index is 13.5. The number of nitro benzene ring substituents is 1. The second kappa shape index (κ2) is 5.58. The minimum Gasteiger partial charge on any atom is -0.285 e. The van der Waals surface area contributed by atoms with Gasteiger partial charge < -0.3 is 0 Å². The van der Waals surface area contributed by atoms with E-state index < -0.39 is 31.3 Å². The molecule has 2 aromatic rings. The molecule has 0 aliphatic heterocycles. The van der Waals surface area contributed by atoms with Crippen LogP contribution in [0.2, 0.25) is 0 Å². The van der Waals surface area contributed by atoms with Crippen LogP contribution in [0.4, 0.5) is 10.1 Å². The van der Waals surface area contributed by atoms with Crippen LogP contribution in [0.3, 0.4) is 0 Å². The highest BCUT2D eigenvalue weighted by atomic mass is 32.2. The topological polar surface area (TPSA) is 109 Å². The van der Waals surface area contributed by atoms with Crippen molar-refractivity contribution in [2.45, 2.75) is 11.4 Å². The fourth-order valence-electron chi connectivity index (χ4n) is 1.75. The van der Waals surface area contributed by atoms with Gasteiger partial charge >= 0.3 is 5.69 Å². The molecule has 1 aromatic carbocycles. The molecule has 1 heterocycles. The van der Waals surface area contributed by atoms with Gasteiger partial charge in [0.1, 0.15) is 0 Å². The summed E-state index contributed by atoms with van der Waals surface area (Å²) in [5.74, 6) is -1.20. The van der Waals surface area contributed by atoms with Gasteiger partial charge in [-0.1, -0.05) is 6.07 Å². The molecule has 8 nitrogen and oxygen atoms in total. The van der Waals surface area contributed by atoms with Crippen molar-refractivity contribution >= 4 is 15.7 Å². The Labute approximate surface area is 119 Å². The minimum atomic E-state index is -4.20. The van der Waals surface area contributed by atoms with Crippen LogP contribution in [0.25, 0.3) is 0 Å². The first-order chi connectivity index (χ1) is 9.84. The van der Waals surface area contributed by atoms with Gasteiger partial charge in [0.05, 0.1) is 11.1 Å². The molecular weight excluding hydrogens is 303 g/mol. The van der Waals surface area contributed by atoms with Crippen molar-refractivity contribution in [2.75, 3.05) is 7.05 Å². The van der Waals surface area contributed by atoms with E-state index in [1.165, 1.54) is 19.4 Å². The van der Waals surface area contributed by atoms with Gasteiger partial charge in [0.2, 0.25) is 15.8 Å². The number of hydrogen-bond donors (Lipinski definition) is 1. The Hall–Kier alpha value is -2.33. The summed E-state index contributed by atoms with van der Waals surface area (Å²) in [5.41, 5.74) is -0.489. The van der Waals surface area contributed by atoms with Crippen molar-refractivity contribution in [3.05, 3.63) is 52.1 Å². The lowest BCUT2D eigenvalue weighted by atomic mass is 10.3. The summed E-state index contributed by atoms with van der Waals surface area (Å²) in [6, 6.07) is 2.95. The predicted molar refractivity (Wildman–Crippen MR) is 70.3 cm³/mol. The highest BCUT2D eigenvalue weighted by Gasteiger charge is 2.32. The molecule has 0 amide bonds. The number of nitrogens with zero attached hydrogens (tertiary/aromatic N) is 3. The summed E-state index contributed by atoms with van der Waals surface area (Å²) < 4.78 is 39.1. The minimum absolute atomic E-state index is 0.0491. The Morgan fingerprint density at radius 2 is 2.19 bits per heavy atom. The smallest absolute Gasteiger partial charge is 0.285 e. The zero-order valence-electron chi connectivity index (χ0n) is 10.9. The quantitative estimate of drug-likeness (QED) is 0.660. The first kappa shape index (κ1) is 15.1. The SMILES string of the molecule is CN(Cc1cn[nH]c1)S(=O)(=O)c1cccc(F)c1[N+](=O)[O-]. The monoisotopic (exact) mass is 314 g/mol.